The summed E-state index contributed by atoms with van der Waals surface area (Å²) in [6.07, 6.45) is 3.02. The number of nitrogens with one attached hydrogen (secondary N) is 1. The summed E-state index contributed by atoms with van der Waals surface area (Å²) >= 11 is 0. The summed E-state index contributed by atoms with van der Waals surface area (Å²) in [7, 11) is 1.81. The van der Waals surface area contributed by atoms with Gasteiger partial charge in [-0.3, -0.25) is 9.59 Å². The van der Waals surface area contributed by atoms with Crippen molar-refractivity contribution in [2.24, 2.45) is 5.92 Å². The van der Waals surface area contributed by atoms with Gasteiger partial charge < -0.3 is 15.1 Å². The van der Waals surface area contributed by atoms with E-state index in [0.29, 0.717) is 13.0 Å². The molecule has 1 atom stereocenters. The van der Waals surface area contributed by atoms with Crippen LogP contribution >= 0.6 is 0 Å². The Balaban J connectivity index is 1.49. The van der Waals surface area contributed by atoms with E-state index >= 15 is 0 Å². The van der Waals surface area contributed by atoms with Gasteiger partial charge in [0.05, 0.1) is 0 Å². The third-order valence-electron chi connectivity index (χ3n) is 5.97. The van der Waals surface area contributed by atoms with Gasteiger partial charge in [0.25, 0.3) is 0 Å². The van der Waals surface area contributed by atoms with Crippen LogP contribution in [0.5, 0.6) is 0 Å². The van der Waals surface area contributed by atoms with Crippen LogP contribution in [0.3, 0.4) is 0 Å². The predicted molar refractivity (Wildman–Crippen MR) is 109 cm³/mol. The fourth-order valence-corrected chi connectivity index (χ4v) is 3.94. The van der Waals surface area contributed by atoms with Crippen LogP contribution in [0.15, 0.2) is 24.3 Å². The number of carbonyl (C=O) groups is 2. The molecule has 0 aliphatic carbocycles. The Morgan fingerprint density at radius 2 is 1.67 bits per heavy atom. The van der Waals surface area contributed by atoms with Gasteiger partial charge in [-0.25, -0.2) is 0 Å². The minimum absolute atomic E-state index is 0.0597. The van der Waals surface area contributed by atoms with E-state index < -0.39 is 0 Å². The van der Waals surface area contributed by atoms with E-state index in [-0.39, 0.29) is 29.2 Å². The number of carbonyl (C=O) groups excluding carboxylic acids is 2. The van der Waals surface area contributed by atoms with Gasteiger partial charge in [-0.2, -0.15) is 0 Å². The van der Waals surface area contributed by atoms with E-state index in [1.54, 1.807) is 11.9 Å². The smallest absolute Gasteiger partial charge is 0.223 e. The summed E-state index contributed by atoms with van der Waals surface area (Å²) in [6, 6.07) is 9.09. The van der Waals surface area contributed by atoms with Crippen LogP contribution in [0.4, 0.5) is 5.69 Å². The van der Waals surface area contributed by atoms with Crippen molar-refractivity contribution in [2.45, 2.75) is 57.9 Å². The van der Waals surface area contributed by atoms with Crippen molar-refractivity contribution in [1.29, 1.82) is 0 Å². The van der Waals surface area contributed by atoms with E-state index in [4.69, 9.17) is 0 Å². The Morgan fingerprint density at radius 3 is 2.22 bits per heavy atom. The van der Waals surface area contributed by atoms with Gasteiger partial charge in [0.1, 0.15) is 0 Å². The van der Waals surface area contributed by atoms with Crippen molar-refractivity contribution in [3.05, 3.63) is 29.8 Å². The summed E-state index contributed by atoms with van der Waals surface area (Å²) in [6.45, 7) is 9.27. The molecule has 27 heavy (non-hydrogen) atoms. The molecule has 2 heterocycles. The minimum atomic E-state index is -0.156. The minimum Gasteiger partial charge on any atom is -0.371 e. The fraction of sp³-hybridized carbons (Fsp3) is 0.636. The lowest BCUT2D eigenvalue weighted by Crippen LogP contribution is -2.48. The quantitative estimate of drug-likeness (QED) is 0.889. The molecule has 1 N–H and O–H groups in total. The SMILES string of the molecule is CN1CCC(C(=O)NC2CCN(c3ccc(C(C)(C)C)cc3)CC2)CC1=O. The highest BCUT2D eigenvalue weighted by molar-refractivity contribution is 5.87. The normalized spacial score (nSPS) is 22.1. The first-order valence-electron chi connectivity index (χ1n) is 10.1. The van der Waals surface area contributed by atoms with Crippen LogP contribution in [0.1, 0.15) is 52.0 Å². The first-order valence-corrected chi connectivity index (χ1v) is 10.1. The first-order chi connectivity index (χ1) is 12.7. The summed E-state index contributed by atoms with van der Waals surface area (Å²) in [5, 5.41) is 3.19. The van der Waals surface area contributed by atoms with Crippen molar-refractivity contribution in [1.82, 2.24) is 10.2 Å². The molecule has 5 heteroatoms. The standard InChI is InChI=1S/C22H33N3O2/c1-22(2,3)17-5-7-19(8-6-17)25-13-10-18(11-14-25)23-21(27)16-9-12-24(4)20(26)15-16/h5-8,16,18H,9-15H2,1-4H3,(H,23,27). The van der Waals surface area contributed by atoms with Gasteiger partial charge in [0.15, 0.2) is 0 Å². The number of benzene rings is 1. The molecule has 2 aliphatic heterocycles. The number of rotatable bonds is 3. The van der Waals surface area contributed by atoms with Crippen molar-refractivity contribution in [3.63, 3.8) is 0 Å². The van der Waals surface area contributed by atoms with E-state index in [9.17, 15) is 9.59 Å². The first kappa shape index (κ1) is 19.7. The van der Waals surface area contributed by atoms with E-state index in [1.807, 2.05) is 0 Å². The molecule has 1 aromatic rings. The molecular formula is C22H33N3O2. The Morgan fingerprint density at radius 1 is 1.04 bits per heavy atom. The molecule has 2 saturated heterocycles. The Hall–Kier alpha value is -2.04. The average molecular weight is 372 g/mol. The van der Waals surface area contributed by atoms with Gasteiger partial charge in [-0.15, -0.1) is 0 Å². The second-order valence-corrected chi connectivity index (χ2v) is 9.07. The number of hydrogen-bond donors (Lipinski definition) is 1. The molecule has 2 aliphatic rings. The molecule has 2 amide bonds. The van der Waals surface area contributed by atoms with E-state index in [2.05, 4.69) is 55.3 Å². The average Bonchev–Trinajstić information content (AvgIpc) is 2.64. The van der Waals surface area contributed by atoms with Crippen LogP contribution < -0.4 is 10.2 Å². The zero-order valence-electron chi connectivity index (χ0n) is 17.1. The van der Waals surface area contributed by atoms with Gasteiger partial charge in [-0.1, -0.05) is 32.9 Å². The maximum Gasteiger partial charge on any atom is 0.223 e. The molecule has 3 rings (SSSR count). The third kappa shape index (κ3) is 4.82. The van der Waals surface area contributed by atoms with Crippen LogP contribution in [-0.2, 0) is 15.0 Å². The zero-order chi connectivity index (χ0) is 19.6. The highest BCUT2D eigenvalue weighted by Gasteiger charge is 2.30. The molecule has 1 aromatic carbocycles. The molecular weight excluding hydrogens is 338 g/mol. The molecule has 0 bridgehead atoms. The molecule has 148 valence electrons. The fourth-order valence-electron chi connectivity index (χ4n) is 3.94. The molecule has 2 fully saturated rings. The van der Waals surface area contributed by atoms with Crippen molar-refractivity contribution in [3.8, 4) is 0 Å². The Labute approximate surface area is 163 Å². The molecule has 1 unspecified atom stereocenters. The predicted octanol–water partition coefficient (Wildman–Crippen LogP) is 2.94. The lowest BCUT2D eigenvalue weighted by Gasteiger charge is -2.35. The monoisotopic (exact) mass is 371 g/mol. The van der Waals surface area contributed by atoms with Gasteiger partial charge >= 0.3 is 0 Å². The third-order valence-corrected chi connectivity index (χ3v) is 5.97. The second-order valence-electron chi connectivity index (χ2n) is 9.07. The lowest BCUT2D eigenvalue weighted by molar-refractivity contribution is -0.139. The maximum absolute atomic E-state index is 12.5. The summed E-state index contributed by atoms with van der Waals surface area (Å²) in [5.74, 6) is -0.0176. The molecule has 5 nitrogen and oxygen atoms in total. The van der Waals surface area contributed by atoms with E-state index in [0.717, 1.165) is 32.4 Å². The Bertz CT molecular complexity index is 670. The highest BCUT2D eigenvalue weighted by atomic mass is 16.2. The number of nitrogens with zero attached hydrogens (tertiary/aromatic N) is 2. The largest absolute Gasteiger partial charge is 0.371 e. The number of likely N-dealkylation sites (tertiary alicyclic amines) is 1. The maximum atomic E-state index is 12.5. The number of amides is 2. The number of piperidine rings is 2. The lowest BCUT2D eigenvalue weighted by atomic mass is 9.87. The second kappa shape index (κ2) is 7.91. The molecule has 0 aromatic heterocycles. The zero-order valence-corrected chi connectivity index (χ0v) is 17.1. The molecule has 0 saturated carbocycles. The van der Waals surface area contributed by atoms with Crippen molar-refractivity contribution < 1.29 is 9.59 Å². The molecule has 0 spiro atoms. The summed E-state index contributed by atoms with van der Waals surface area (Å²) in [5.41, 5.74) is 2.78. The van der Waals surface area contributed by atoms with Crippen molar-refractivity contribution >= 4 is 17.5 Å². The van der Waals surface area contributed by atoms with Crippen LogP contribution in [0, 0.1) is 5.92 Å². The highest BCUT2D eigenvalue weighted by Crippen LogP contribution is 2.26. The summed E-state index contributed by atoms with van der Waals surface area (Å²) in [4.78, 5) is 28.4. The Kier molecular flexibility index (Phi) is 5.78. The van der Waals surface area contributed by atoms with Crippen LogP contribution in [0.2, 0.25) is 0 Å². The van der Waals surface area contributed by atoms with Crippen LogP contribution in [0.25, 0.3) is 0 Å². The molecule has 0 radical (unpaired) electrons. The topological polar surface area (TPSA) is 52.7 Å². The number of hydrogen-bond acceptors (Lipinski definition) is 3. The number of anilines is 1. The summed E-state index contributed by atoms with van der Waals surface area (Å²) < 4.78 is 0. The van der Waals surface area contributed by atoms with Gasteiger partial charge in [0.2, 0.25) is 11.8 Å². The van der Waals surface area contributed by atoms with Gasteiger partial charge in [0, 0.05) is 50.7 Å². The van der Waals surface area contributed by atoms with E-state index in [1.165, 1.54) is 11.3 Å². The van der Waals surface area contributed by atoms with Crippen molar-refractivity contribution in [2.75, 3.05) is 31.6 Å². The van der Waals surface area contributed by atoms with Gasteiger partial charge in [-0.05, 0) is 42.4 Å². The van der Waals surface area contributed by atoms with Crippen LogP contribution in [-0.4, -0.2) is 49.4 Å².